The van der Waals surface area contributed by atoms with E-state index in [0.29, 0.717) is 18.7 Å². The van der Waals surface area contributed by atoms with Crippen molar-refractivity contribution in [2.75, 3.05) is 26.2 Å². The smallest absolute Gasteiger partial charge is 0.225 e. The van der Waals surface area contributed by atoms with Gasteiger partial charge in [0, 0.05) is 37.5 Å². The fourth-order valence-corrected chi connectivity index (χ4v) is 4.43. The molecule has 3 aliphatic rings. The summed E-state index contributed by atoms with van der Waals surface area (Å²) in [4.78, 5) is 27.1. The van der Waals surface area contributed by atoms with E-state index in [1.165, 1.54) is 6.07 Å². The van der Waals surface area contributed by atoms with Crippen LogP contribution in [0.25, 0.3) is 0 Å². The molecule has 0 spiro atoms. The van der Waals surface area contributed by atoms with Crippen LogP contribution >= 0.6 is 12.4 Å². The van der Waals surface area contributed by atoms with Crippen molar-refractivity contribution in [1.29, 1.82) is 0 Å². The van der Waals surface area contributed by atoms with Gasteiger partial charge in [0.05, 0.1) is 5.92 Å². The van der Waals surface area contributed by atoms with Crippen LogP contribution in [0.3, 0.4) is 0 Å². The Bertz CT molecular complexity index is 759. The van der Waals surface area contributed by atoms with Gasteiger partial charge in [-0.2, -0.15) is 0 Å². The van der Waals surface area contributed by atoms with Crippen LogP contribution in [0.1, 0.15) is 43.6 Å². The summed E-state index contributed by atoms with van der Waals surface area (Å²) in [6.45, 7) is 2.58. The van der Waals surface area contributed by atoms with Crippen molar-refractivity contribution >= 4 is 24.2 Å². The number of carbonyl (C=O) groups excluding carboxylic acids is 2. The predicted molar refractivity (Wildman–Crippen MR) is 108 cm³/mol. The average Bonchev–Trinajstić information content (AvgIpc) is 3.55. The van der Waals surface area contributed by atoms with Gasteiger partial charge in [-0.15, -0.1) is 12.4 Å². The van der Waals surface area contributed by atoms with Crippen LogP contribution in [0.2, 0.25) is 0 Å². The highest BCUT2D eigenvalue weighted by Gasteiger charge is 2.37. The fraction of sp³-hybridized carbons (Fsp3) is 0.619. The number of rotatable bonds is 4. The van der Waals surface area contributed by atoms with Crippen molar-refractivity contribution in [1.82, 2.24) is 15.5 Å². The number of halogens is 3. The van der Waals surface area contributed by atoms with E-state index in [1.54, 1.807) is 6.07 Å². The Morgan fingerprint density at radius 2 is 1.86 bits per heavy atom. The molecular formula is C21H28ClF2N3O2. The van der Waals surface area contributed by atoms with E-state index in [1.807, 2.05) is 4.90 Å². The molecular weight excluding hydrogens is 400 g/mol. The molecule has 8 heteroatoms. The second-order valence-electron chi connectivity index (χ2n) is 8.29. The third-order valence-electron chi connectivity index (χ3n) is 6.21. The number of likely N-dealkylation sites (tertiary alicyclic amines) is 1. The zero-order valence-electron chi connectivity index (χ0n) is 16.3. The summed E-state index contributed by atoms with van der Waals surface area (Å²) in [6.07, 6.45) is 4.29. The molecule has 0 bridgehead atoms. The lowest BCUT2D eigenvalue weighted by Gasteiger charge is -2.36. The van der Waals surface area contributed by atoms with Crippen molar-refractivity contribution in [3.63, 3.8) is 0 Å². The molecule has 3 unspecified atom stereocenters. The number of amides is 2. The topological polar surface area (TPSA) is 61.4 Å². The first-order valence-corrected chi connectivity index (χ1v) is 10.3. The highest BCUT2D eigenvalue weighted by atomic mass is 35.5. The van der Waals surface area contributed by atoms with Crippen molar-refractivity contribution in [2.24, 2.45) is 11.8 Å². The summed E-state index contributed by atoms with van der Waals surface area (Å²) >= 11 is 0. The zero-order valence-corrected chi connectivity index (χ0v) is 17.1. The second-order valence-corrected chi connectivity index (χ2v) is 8.29. The maximum atomic E-state index is 13.7. The maximum Gasteiger partial charge on any atom is 0.225 e. The minimum atomic E-state index is -0.860. The molecule has 3 fully saturated rings. The average molecular weight is 428 g/mol. The van der Waals surface area contributed by atoms with Crippen LogP contribution in [0.4, 0.5) is 8.78 Å². The molecule has 0 aromatic heterocycles. The Hall–Kier alpha value is -1.73. The number of carbonyl (C=O) groups is 2. The zero-order chi connectivity index (χ0) is 19.7. The molecule has 1 aliphatic carbocycles. The van der Waals surface area contributed by atoms with Crippen LogP contribution in [0, 0.1) is 23.5 Å². The lowest BCUT2D eigenvalue weighted by Crippen LogP contribution is -2.53. The van der Waals surface area contributed by atoms with Gasteiger partial charge in [0.25, 0.3) is 0 Å². The molecule has 1 aromatic carbocycles. The third-order valence-corrected chi connectivity index (χ3v) is 6.21. The van der Waals surface area contributed by atoms with Crippen LogP contribution < -0.4 is 10.6 Å². The van der Waals surface area contributed by atoms with Gasteiger partial charge in [0.2, 0.25) is 11.8 Å². The summed E-state index contributed by atoms with van der Waals surface area (Å²) in [7, 11) is 0. The Kier molecular flexibility index (Phi) is 7.11. The van der Waals surface area contributed by atoms with E-state index in [4.69, 9.17) is 0 Å². The SMILES string of the molecule is Cl.O=C(NC1CNCCC1c1ccc(F)c(F)c1)C1CCCN(C(=O)C2CC2)C1. The van der Waals surface area contributed by atoms with Gasteiger partial charge < -0.3 is 15.5 Å². The monoisotopic (exact) mass is 427 g/mol. The predicted octanol–water partition coefficient (Wildman–Crippen LogP) is 2.60. The summed E-state index contributed by atoms with van der Waals surface area (Å²) in [5, 5.41) is 6.39. The maximum absolute atomic E-state index is 13.7. The normalized spacial score (nSPS) is 27.1. The molecule has 4 rings (SSSR count). The molecule has 2 N–H and O–H groups in total. The van der Waals surface area contributed by atoms with E-state index < -0.39 is 11.6 Å². The molecule has 2 heterocycles. The van der Waals surface area contributed by atoms with E-state index in [-0.39, 0.29) is 48.0 Å². The van der Waals surface area contributed by atoms with Crippen LogP contribution in [-0.2, 0) is 9.59 Å². The lowest BCUT2D eigenvalue weighted by atomic mass is 9.85. The Labute approximate surface area is 176 Å². The van der Waals surface area contributed by atoms with E-state index in [2.05, 4.69) is 10.6 Å². The lowest BCUT2D eigenvalue weighted by molar-refractivity contribution is -0.137. The van der Waals surface area contributed by atoms with Crippen molar-refractivity contribution in [2.45, 2.75) is 44.1 Å². The van der Waals surface area contributed by atoms with Crippen LogP contribution in [0.15, 0.2) is 18.2 Å². The highest BCUT2D eigenvalue weighted by Crippen LogP contribution is 2.33. The largest absolute Gasteiger partial charge is 0.351 e. The molecule has 2 saturated heterocycles. The highest BCUT2D eigenvalue weighted by molar-refractivity contribution is 5.85. The second kappa shape index (κ2) is 9.39. The van der Waals surface area contributed by atoms with Gasteiger partial charge in [-0.1, -0.05) is 6.07 Å². The molecule has 5 nitrogen and oxygen atoms in total. The fourth-order valence-electron chi connectivity index (χ4n) is 4.43. The number of nitrogens with zero attached hydrogens (tertiary/aromatic N) is 1. The third kappa shape index (κ3) is 5.07. The van der Waals surface area contributed by atoms with E-state index in [9.17, 15) is 18.4 Å². The molecule has 1 aromatic rings. The molecule has 2 amide bonds. The van der Waals surface area contributed by atoms with E-state index in [0.717, 1.165) is 51.3 Å². The summed E-state index contributed by atoms with van der Waals surface area (Å²) in [5.41, 5.74) is 0.708. The first-order chi connectivity index (χ1) is 13.5. The molecule has 2 aliphatic heterocycles. The van der Waals surface area contributed by atoms with Crippen LogP contribution in [-0.4, -0.2) is 48.9 Å². The molecule has 160 valence electrons. The summed E-state index contributed by atoms with van der Waals surface area (Å²) in [6, 6.07) is 3.81. The van der Waals surface area contributed by atoms with Crippen molar-refractivity contribution in [3.05, 3.63) is 35.4 Å². The number of hydrogen-bond acceptors (Lipinski definition) is 3. The molecule has 29 heavy (non-hydrogen) atoms. The molecule has 1 saturated carbocycles. The van der Waals surface area contributed by atoms with Crippen molar-refractivity contribution < 1.29 is 18.4 Å². The van der Waals surface area contributed by atoms with Gasteiger partial charge in [-0.05, 0) is 56.3 Å². The van der Waals surface area contributed by atoms with E-state index >= 15 is 0 Å². The Morgan fingerprint density at radius 3 is 2.59 bits per heavy atom. The van der Waals surface area contributed by atoms with Gasteiger partial charge in [-0.3, -0.25) is 9.59 Å². The first kappa shape index (κ1) is 22.0. The Morgan fingerprint density at radius 1 is 1.07 bits per heavy atom. The minimum absolute atomic E-state index is 0. The number of benzene rings is 1. The standard InChI is InChI=1S/C21H27F2N3O2.ClH/c22-17-6-5-14(10-18(17)23)16-7-8-24-11-19(16)25-20(27)15-2-1-9-26(12-15)21(28)13-3-4-13;/h5-6,10,13,15-16,19,24H,1-4,7-9,11-12H2,(H,25,27);1H. The van der Waals surface area contributed by atoms with Crippen molar-refractivity contribution in [3.8, 4) is 0 Å². The minimum Gasteiger partial charge on any atom is -0.351 e. The number of piperidine rings is 2. The number of hydrogen-bond donors (Lipinski definition) is 2. The van der Waals surface area contributed by atoms with Gasteiger partial charge >= 0.3 is 0 Å². The molecule has 0 radical (unpaired) electrons. The summed E-state index contributed by atoms with van der Waals surface area (Å²) in [5.74, 6) is -1.67. The quantitative estimate of drug-likeness (QED) is 0.776. The van der Waals surface area contributed by atoms with Gasteiger partial charge in [0.1, 0.15) is 0 Å². The Balaban J connectivity index is 0.00000240. The first-order valence-electron chi connectivity index (χ1n) is 10.3. The number of nitrogens with one attached hydrogen (secondary N) is 2. The van der Waals surface area contributed by atoms with Crippen LogP contribution in [0.5, 0.6) is 0 Å². The summed E-state index contributed by atoms with van der Waals surface area (Å²) < 4.78 is 27.0. The molecule has 3 atom stereocenters. The van der Waals surface area contributed by atoms with Gasteiger partial charge in [0.15, 0.2) is 11.6 Å². The van der Waals surface area contributed by atoms with Gasteiger partial charge in [-0.25, -0.2) is 8.78 Å².